The zero-order chi connectivity index (χ0) is 22.8. The Balaban J connectivity index is 1.79. The molecule has 162 valence electrons. The molecular weight excluding hydrogens is 460 g/mol. The Labute approximate surface area is 182 Å². The Kier molecular flexibility index (Phi) is 6.61. The molecule has 3 aromatic rings. The third kappa shape index (κ3) is 5.39. The van der Waals surface area contributed by atoms with Gasteiger partial charge in [0.2, 0.25) is 5.91 Å². The van der Waals surface area contributed by atoms with Crippen LogP contribution in [0.3, 0.4) is 0 Å². The van der Waals surface area contributed by atoms with Crippen molar-refractivity contribution in [3.05, 3.63) is 75.5 Å². The van der Waals surface area contributed by atoms with Crippen molar-refractivity contribution < 1.29 is 31.9 Å². The van der Waals surface area contributed by atoms with Crippen molar-refractivity contribution >= 4 is 45.6 Å². The molecule has 1 amide bonds. The number of halogens is 5. The lowest BCUT2D eigenvalue weighted by Crippen LogP contribution is -2.23. The molecule has 0 unspecified atom stereocenters. The Morgan fingerprint density at radius 3 is 2.61 bits per heavy atom. The average Bonchev–Trinajstić information content (AvgIpc) is 3.16. The minimum Gasteiger partial charge on any atom is -0.455 e. The number of amides is 1. The molecule has 11 heteroatoms. The van der Waals surface area contributed by atoms with Crippen LogP contribution in [-0.2, 0) is 22.3 Å². The van der Waals surface area contributed by atoms with Crippen LogP contribution in [0.25, 0.3) is 0 Å². The Morgan fingerprint density at radius 2 is 1.94 bits per heavy atom. The lowest BCUT2D eigenvalue weighted by atomic mass is 10.2. The molecule has 0 aliphatic heterocycles. The number of benzene rings is 2. The first-order chi connectivity index (χ1) is 14.6. The summed E-state index contributed by atoms with van der Waals surface area (Å²) in [5.74, 6) is -2.32. The first-order valence-electron chi connectivity index (χ1n) is 8.61. The van der Waals surface area contributed by atoms with Gasteiger partial charge in [0.25, 0.3) is 0 Å². The van der Waals surface area contributed by atoms with Gasteiger partial charge in [-0.2, -0.15) is 13.2 Å². The van der Waals surface area contributed by atoms with Crippen LogP contribution in [0.4, 0.5) is 28.4 Å². The number of carbonyl (C=O) groups excluding carboxylic acids is 2. The smallest absolute Gasteiger partial charge is 0.416 e. The van der Waals surface area contributed by atoms with Gasteiger partial charge in [-0.05, 0) is 36.4 Å². The third-order valence-electron chi connectivity index (χ3n) is 3.98. The fourth-order valence-electron chi connectivity index (χ4n) is 2.58. The number of anilines is 2. The van der Waals surface area contributed by atoms with Crippen LogP contribution in [-0.4, -0.2) is 16.9 Å². The van der Waals surface area contributed by atoms with Gasteiger partial charge in [0.1, 0.15) is 12.4 Å². The summed E-state index contributed by atoms with van der Waals surface area (Å²) >= 11 is 6.72. The second-order valence-corrected chi connectivity index (χ2v) is 7.50. The largest absolute Gasteiger partial charge is 0.455 e. The predicted octanol–water partition coefficient (Wildman–Crippen LogP) is 6.00. The van der Waals surface area contributed by atoms with Gasteiger partial charge in [-0.1, -0.05) is 17.7 Å². The molecule has 0 radical (unpaired) electrons. The highest BCUT2D eigenvalue weighted by molar-refractivity contribution is 7.14. The summed E-state index contributed by atoms with van der Waals surface area (Å²) in [4.78, 5) is 29.4. The van der Waals surface area contributed by atoms with Gasteiger partial charge in [0, 0.05) is 17.3 Å². The third-order valence-corrected chi connectivity index (χ3v) is 5.09. The van der Waals surface area contributed by atoms with Crippen LogP contribution in [0.1, 0.15) is 28.5 Å². The van der Waals surface area contributed by atoms with E-state index in [4.69, 9.17) is 16.3 Å². The molecule has 31 heavy (non-hydrogen) atoms. The van der Waals surface area contributed by atoms with Gasteiger partial charge in [-0.25, -0.2) is 14.2 Å². The topological polar surface area (TPSA) is 59.5 Å². The van der Waals surface area contributed by atoms with Gasteiger partial charge in [-0.3, -0.25) is 9.69 Å². The number of nitrogens with zero attached hydrogens (tertiary/aromatic N) is 2. The molecule has 0 bridgehead atoms. The number of aromatic nitrogens is 1. The van der Waals surface area contributed by atoms with Crippen molar-refractivity contribution in [2.24, 2.45) is 0 Å². The van der Waals surface area contributed by atoms with Crippen LogP contribution >= 0.6 is 22.9 Å². The lowest BCUT2D eigenvalue weighted by molar-refractivity contribution is -0.137. The molecule has 0 N–H and O–H groups in total. The van der Waals surface area contributed by atoms with Crippen molar-refractivity contribution in [3.8, 4) is 0 Å². The molecule has 1 heterocycles. The summed E-state index contributed by atoms with van der Waals surface area (Å²) in [6.45, 7) is 0.846. The van der Waals surface area contributed by atoms with Crippen molar-refractivity contribution in [1.29, 1.82) is 0 Å². The SMILES string of the molecule is CC(=O)N(c1cccc(C(F)(F)F)c1)c1nc(COC(=O)c2cc(Cl)ccc2F)cs1. The molecule has 0 atom stereocenters. The van der Waals surface area contributed by atoms with E-state index in [2.05, 4.69) is 4.98 Å². The van der Waals surface area contributed by atoms with Crippen LogP contribution in [0.2, 0.25) is 5.02 Å². The second-order valence-electron chi connectivity index (χ2n) is 6.22. The number of alkyl halides is 3. The number of ether oxygens (including phenoxy) is 1. The molecule has 5 nitrogen and oxygen atoms in total. The lowest BCUT2D eigenvalue weighted by Gasteiger charge is -2.19. The van der Waals surface area contributed by atoms with Gasteiger partial charge >= 0.3 is 12.1 Å². The maximum absolute atomic E-state index is 13.8. The first kappa shape index (κ1) is 22.7. The summed E-state index contributed by atoms with van der Waals surface area (Å²) in [5, 5.41) is 1.72. The zero-order valence-corrected chi connectivity index (χ0v) is 17.3. The summed E-state index contributed by atoms with van der Waals surface area (Å²) in [6, 6.07) is 7.69. The van der Waals surface area contributed by atoms with Gasteiger partial charge in [0.05, 0.1) is 22.5 Å². The number of hydrogen-bond acceptors (Lipinski definition) is 5. The first-order valence-corrected chi connectivity index (χ1v) is 9.86. The minimum atomic E-state index is -4.57. The molecular formula is C20H13ClF4N2O3S. The fourth-order valence-corrected chi connectivity index (χ4v) is 3.63. The minimum absolute atomic E-state index is 0.0128. The molecule has 0 aliphatic rings. The van der Waals surface area contributed by atoms with E-state index in [1.165, 1.54) is 30.5 Å². The van der Waals surface area contributed by atoms with Crippen molar-refractivity contribution in [1.82, 2.24) is 4.98 Å². The van der Waals surface area contributed by atoms with Crippen molar-refractivity contribution in [2.45, 2.75) is 19.7 Å². The molecule has 0 aliphatic carbocycles. The Hall–Kier alpha value is -2.98. The van der Waals surface area contributed by atoms with E-state index in [0.717, 1.165) is 40.5 Å². The molecule has 0 saturated heterocycles. The van der Waals surface area contributed by atoms with E-state index < -0.39 is 29.4 Å². The summed E-state index contributed by atoms with van der Waals surface area (Å²) in [6.07, 6.45) is -4.57. The Morgan fingerprint density at radius 1 is 1.19 bits per heavy atom. The normalized spacial score (nSPS) is 11.3. The maximum atomic E-state index is 13.8. The standard InChI is InChI=1S/C20H13ClF4N2O3S/c1-11(28)27(15-4-2-3-12(7-15)20(23,24)25)19-26-14(10-31-19)9-30-18(29)16-8-13(21)5-6-17(16)22/h2-8,10H,9H2,1H3. The van der Waals surface area contributed by atoms with Crippen LogP contribution in [0.5, 0.6) is 0 Å². The van der Waals surface area contributed by atoms with Crippen LogP contribution < -0.4 is 4.90 Å². The van der Waals surface area contributed by atoms with Crippen LogP contribution in [0, 0.1) is 5.82 Å². The number of thiazole rings is 1. The van der Waals surface area contributed by atoms with Gasteiger partial charge in [0.15, 0.2) is 5.13 Å². The highest BCUT2D eigenvalue weighted by Crippen LogP contribution is 2.35. The quantitative estimate of drug-likeness (QED) is 0.338. The average molecular weight is 473 g/mol. The molecule has 0 fully saturated rings. The summed E-state index contributed by atoms with van der Waals surface area (Å²) in [5.41, 5.74) is -1.04. The van der Waals surface area contributed by atoms with Crippen molar-refractivity contribution in [2.75, 3.05) is 4.90 Å². The number of carbonyl (C=O) groups is 2. The van der Waals surface area contributed by atoms with Gasteiger partial charge in [-0.15, -0.1) is 11.3 Å². The highest BCUT2D eigenvalue weighted by Gasteiger charge is 2.31. The van der Waals surface area contributed by atoms with E-state index in [-0.39, 0.29) is 33.7 Å². The van der Waals surface area contributed by atoms with E-state index in [1.54, 1.807) is 0 Å². The van der Waals surface area contributed by atoms with Gasteiger partial charge < -0.3 is 4.74 Å². The summed E-state index contributed by atoms with van der Waals surface area (Å²) < 4.78 is 57.8. The maximum Gasteiger partial charge on any atom is 0.416 e. The number of esters is 1. The van der Waals surface area contributed by atoms with E-state index in [0.29, 0.717) is 0 Å². The molecule has 2 aromatic carbocycles. The molecule has 0 spiro atoms. The van der Waals surface area contributed by atoms with E-state index in [1.807, 2.05) is 0 Å². The fraction of sp³-hybridized carbons (Fsp3) is 0.150. The zero-order valence-electron chi connectivity index (χ0n) is 15.7. The molecule has 1 aromatic heterocycles. The van der Waals surface area contributed by atoms with E-state index in [9.17, 15) is 27.2 Å². The molecule has 0 saturated carbocycles. The summed E-state index contributed by atoms with van der Waals surface area (Å²) in [7, 11) is 0. The number of rotatable bonds is 5. The van der Waals surface area contributed by atoms with E-state index >= 15 is 0 Å². The predicted molar refractivity (Wildman–Crippen MR) is 107 cm³/mol. The van der Waals surface area contributed by atoms with Crippen molar-refractivity contribution in [3.63, 3.8) is 0 Å². The Bertz CT molecular complexity index is 1130. The second kappa shape index (κ2) is 9.03. The van der Waals surface area contributed by atoms with Crippen LogP contribution in [0.15, 0.2) is 47.8 Å². The highest BCUT2D eigenvalue weighted by atomic mass is 35.5. The molecule has 3 rings (SSSR count). The number of hydrogen-bond donors (Lipinski definition) is 0. The monoisotopic (exact) mass is 472 g/mol.